The Morgan fingerprint density at radius 1 is 1.13 bits per heavy atom. The van der Waals surface area contributed by atoms with Gasteiger partial charge in [0.05, 0.1) is 31.9 Å². The standard InChI is InChI=1S/C24H25NO5/c1-14(17-5-6-19-10-21(27-4)8-7-18(19)9-17)24(26)30-23-15(2)25-11-20-12-28-16(3)29-13-22(20)23/h5-11,14,16H,12-13H2,1-4H3/t14-,16?/m1/s1. The molecule has 0 aliphatic carbocycles. The van der Waals surface area contributed by atoms with Crippen LogP contribution in [0.1, 0.15) is 42.1 Å². The second kappa shape index (κ2) is 8.42. The molecule has 6 heteroatoms. The molecule has 0 N–H and O–H groups in total. The maximum Gasteiger partial charge on any atom is 0.318 e. The van der Waals surface area contributed by atoms with E-state index in [0.717, 1.165) is 33.2 Å². The van der Waals surface area contributed by atoms with Gasteiger partial charge in [0, 0.05) is 17.3 Å². The lowest BCUT2D eigenvalue weighted by molar-refractivity contribution is -0.137. The second-order valence-corrected chi connectivity index (χ2v) is 7.48. The van der Waals surface area contributed by atoms with Crippen LogP contribution in [0.2, 0.25) is 0 Å². The van der Waals surface area contributed by atoms with Crippen LogP contribution in [0, 0.1) is 6.92 Å². The van der Waals surface area contributed by atoms with Crippen molar-refractivity contribution < 1.29 is 23.7 Å². The first-order valence-electron chi connectivity index (χ1n) is 9.96. The summed E-state index contributed by atoms with van der Waals surface area (Å²) < 4.78 is 22.4. The molecule has 0 saturated heterocycles. The SMILES string of the molecule is COc1ccc2cc([C@@H](C)C(=O)Oc3c(C)ncc4c3COC(C)OC4)ccc2c1. The average Bonchev–Trinajstić information content (AvgIpc) is 2.96. The van der Waals surface area contributed by atoms with E-state index >= 15 is 0 Å². The van der Waals surface area contributed by atoms with E-state index in [1.54, 1.807) is 13.3 Å². The average molecular weight is 407 g/mol. The first-order valence-corrected chi connectivity index (χ1v) is 9.96. The molecule has 30 heavy (non-hydrogen) atoms. The third-order valence-electron chi connectivity index (χ3n) is 5.47. The van der Waals surface area contributed by atoms with Crippen molar-refractivity contribution in [2.45, 2.75) is 46.2 Å². The molecule has 0 amide bonds. The van der Waals surface area contributed by atoms with E-state index in [9.17, 15) is 4.79 Å². The Kier molecular flexibility index (Phi) is 5.70. The minimum absolute atomic E-state index is 0.314. The first-order chi connectivity index (χ1) is 14.5. The van der Waals surface area contributed by atoms with Crippen molar-refractivity contribution in [1.29, 1.82) is 0 Å². The van der Waals surface area contributed by atoms with E-state index < -0.39 is 5.92 Å². The number of pyridine rings is 1. The van der Waals surface area contributed by atoms with Crippen LogP contribution in [-0.2, 0) is 27.5 Å². The number of aryl methyl sites for hydroxylation is 1. The van der Waals surface area contributed by atoms with E-state index in [1.807, 2.05) is 57.2 Å². The molecule has 1 unspecified atom stereocenters. The predicted molar refractivity (Wildman–Crippen MR) is 113 cm³/mol. The highest BCUT2D eigenvalue weighted by Gasteiger charge is 2.24. The molecule has 0 saturated carbocycles. The molecule has 4 rings (SSSR count). The monoisotopic (exact) mass is 407 g/mol. The molecule has 1 aromatic heterocycles. The zero-order valence-corrected chi connectivity index (χ0v) is 17.6. The van der Waals surface area contributed by atoms with Crippen molar-refractivity contribution in [1.82, 2.24) is 4.98 Å². The summed E-state index contributed by atoms with van der Waals surface area (Å²) >= 11 is 0. The number of carbonyl (C=O) groups is 1. The topological polar surface area (TPSA) is 66.9 Å². The smallest absolute Gasteiger partial charge is 0.318 e. The normalized spacial score (nSPS) is 17.1. The van der Waals surface area contributed by atoms with Gasteiger partial charge in [-0.3, -0.25) is 9.78 Å². The van der Waals surface area contributed by atoms with Gasteiger partial charge in [0.1, 0.15) is 5.75 Å². The van der Waals surface area contributed by atoms with Crippen molar-refractivity contribution in [3.8, 4) is 11.5 Å². The molecular formula is C24H25NO5. The highest BCUT2D eigenvalue weighted by molar-refractivity contribution is 5.87. The minimum Gasteiger partial charge on any atom is -0.497 e. The number of carbonyl (C=O) groups excluding carboxylic acids is 1. The minimum atomic E-state index is -0.436. The highest BCUT2D eigenvalue weighted by Crippen LogP contribution is 2.32. The van der Waals surface area contributed by atoms with Crippen molar-refractivity contribution in [2.75, 3.05) is 7.11 Å². The molecule has 0 bridgehead atoms. The molecule has 3 aromatic rings. The van der Waals surface area contributed by atoms with Gasteiger partial charge in [0.25, 0.3) is 0 Å². The molecule has 0 spiro atoms. The maximum absolute atomic E-state index is 13.0. The zero-order valence-electron chi connectivity index (χ0n) is 17.6. The Morgan fingerprint density at radius 2 is 1.87 bits per heavy atom. The summed E-state index contributed by atoms with van der Waals surface area (Å²) in [6.45, 7) is 6.20. The van der Waals surface area contributed by atoms with Gasteiger partial charge in [0.2, 0.25) is 0 Å². The lowest BCUT2D eigenvalue weighted by atomic mass is 9.97. The van der Waals surface area contributed by atoms with Crippen LogP contribution in [0.4, 0.5) is 0 Å². The molecule has 2 aromatic carbocycles. The second-order valence-electron chi connectivity index (χ2n) is 7.48. The van der Waals surface area contributed by atoms with Crippen LogP contribution in [0.25, 0.3) is 10.8 Å². The number of hydrogen-bond acceptors (Lipinski definition) is 6. The number of aromatic nitrogens is 1. The Balaban J connectivity index is 1.59. The van der Waals surface area contributed by atoms with Gasteiger partial charge < -0.3 is 18.9 Å². The number of benzene rings is 2. The molecule has 2 heterocycles. The number of ether oxygens (including phenoxy) is 4. The fraction of sp³-hybridized carbons (Fsp3) is 0.333. The number of rotatable bonds is 4. The predicted octanol–water partition coefficient (Wildman–Crippen LogP) is 4.65. The van der Waals surface area contributed by atoms with Crippen LogP contribution in [-0.4, -0.2) is 24.4 Å². The molecule has 0 radical (unpaired) electrons. The third-order valence-corrected chi connectivity index (χ3v) is 5.47. The Hall–Kier alpha value is -2.96. The molecule has 1 aliphatic heterocycles. The van der Waals surface area contributed by atoms with E-state index in [0.29, 0.717) is 24.7 Å². The summed E-state index contributed by atoms with van der Waals surface area (Å²) in [5.74, 6) is 0.497. The summed E-state index contributed by atoms with van der Waals surface area (Å²) in [5.41, 5.74) is 3.23. The summed E-state index contributed by atoms with van der Waals surface area (Å²) in [6.07, 6.45) is 1.43. The Morgan fingerprint density at radius 3 is 2.67 bits per heavy atom. The van der Waals surface area contributed by atoms with E-state index in [2.05, 4.69) is 4.98 Å². The van der Waals surface area contributed by atoms with Crippen molar-refractivity contribution in [3.63, 3.8) is 0 Å². The van der Waals surface area contributed by atoms with Gasteiger partial charge >= 0.3 is 5.97 Å². The van der Waals surface area contributed by atoms with Gasteiger partial charge in [-0.1, -0.05) is 24.3 Å². The summed E-state index contributed by atoms with van der Waals surface area (Å²) in [5, 5.41) is 2.09. The first kappa shape index (κ1) is 20.3. The van der Waals surface area contributed by atoms with E-state index in [1.165, 1.54) is 0 Å². The molecule has 156 valence electrons. The number of esters is 1. The van der Waals surface area contributed by atoms with E-state index in [-0.39, 0.29) is 12.3 Å². The summed E-state index contributed by atoms with van der Waals surface area (Å²) in [4.78, 5) is 17.4. The quantitative estimate of drug-likeness (QED) is 0.587. The third kappa shape index (κ3) is 4.01. The highest BCUT2D eigenvalue weighted by atomic mass is 16.7. The van der Waals surface area contributed by atoms with E-state index in [4.69, 9.17) is 18.9 Å². The fourth-order valence-corrected chi connectivity index (χ4v) is 3.51. The number of nitrogens with zero attached hydrogens (tertiary/aromatic N) is 1. The number of methoxy groups -OCH3 is 1. The molecule has 0 fully saturated rings. The van der Waals surface area contributed by atoms with Crippen LogP contribution >= 0.6 is 0 Å². The lowest BCUT2D eigenvalue weighted by Crippen LogP contribution is -2.18. The molecule has 2 atom stereocenters. The van der Waals surface area contributed by atoms with Crippen LogP contribution in [0.15, 0.2) is 42.6 Å². The van der Waals surface area contributed by atoms with Gasteiger partial charge in [-0.05, 0) is 49.2 Å². The van der Waals surface area contributed by atoms with Crippen molar-refractivity contribution in [2.24, 2.45) is 0 Å². The number of hydrogen-bond donors (Lipinski definition) is 0. The Labute approximate surface area is 175 Å². The summed E-state index contributed by atoms with van der Waals surface area (Å²) in [6, 6.07) is 11.8. The summed E-state index contributed by atoms with van der Waals surface area (Å²) in [7, 11) is 1.65. The van der Waals surface area contributed by atoms with Gasteiger partial charge in [0.15, 0.2) is 12.0 Å². The van der Waals surface area contributed by atoms with Crippen LogP contribution in [0.5, 0.6) is 11.5 Å². The van der Waals surface area contributed by atoms with Crippen LogP contribution in [0.3, 0.4) is 0 Å². The molecule has 1 aliphatic rings. The maximum atomic E-state index is 13.0. The number of fused-ring (bicyclic) bond motifs is 2. The molecular weight excluding hydrogens is 382 g/mol. The van der Waals surface area contributed by atoms with Gasteiger partial charge in [-0.25, -0.2) is 0 Å². The lowest BCUT2D eigenvalue weighted by Gasteiger charge is -2.17. The molecule has 6 nitrogen and oxygen atoms in total. The Bertz CT molecular complexity index is 1090. The van der Waals surface area contributed by atoms with Crippen molar-refractivity contribution in [3.05, 3.63) is 65.0 Å². The fourth-order valence-electron chi connectivity index (χ4n) is 3.51. The zero-order chi connectivity index (χ0) is 21.3. The van der Waals surface area contributed by atoms with Crippen molar-refractivity contribution >= 4 is 16.7 Å². The van der Waals surface area contributed by atoms with Crippen LogP contribution < -0.4 is 9.47 Å². The van der Waals surface area contributed by atoms with Gasteiger partial charge in [-0.2, -0.15) is 0 Å². The van der Waals surface area contributed by atoms with Gasteiger partial charge in [-0.15, -0.1) is 0 Å². The largest absolute Gasteiger partial charge is 0.497 e.